The highest BCUT2D eigenvalue weighted by molar-refractivity contribution is 5.92. The van der Waals surface area contributed by atoms with Crippen molar-refractivity contribution in [2.24, 2.45) is 0 Å². The van der Waals surface area contributed by atoms with Gasteiger partial charge in [0.15, 0.2) is 5.69 Å². The van der Waals surface area contributed by atoms with E-state index in [1.807, 2.05) is 35.0 Å². The lowest BCUT2D eigenvalue weighted by Crippen LogP contribution is -2.35. The first-order chi connectivity index (χ1) is 12.8. The highest BCUT2D eigenvalue weighted by atomic mass is 16.3. The average molecular weight is 354 g/mol. The van der Waals surface area contributed by atoms with Gasteiger partial charge in [-0.15, -0.1) is 0 Å². The SMILES string of the molecule is O=C(NCCO)c1cc2n(n1)CCN(c1nnnn1-c1ccccc1)C2. The molecule has 3 aromatic rings. The number of aliphatic hydroxyl groups excluding tert-OH is 1. The minimum atomic E-state index is -0.290. The van der Waals surface area contributed by atoms with Crippen LogP contribution in [0, 0.1) is 0 Å². The minimum Gasteiger partial charge on any atom is -0.395 e. The molecule has 2 N–H and O–H groups in total. The maximum Gasteiger partial charge on any atom is 0.271 e. The maximum atomic E-state index is 12.0. The number of benzene rings is 1. The van der Waals surface area contributed by atoms with Gasteiger partial charge < -0.3 is 15.3 Å². The number of aromatic nitrogens is 6. The van der Waals surface area contributed by atoms with Gasteiger partial charge in [0.2, 0.25) is 0 Å². The Balaban J connectivity index is 1.56. The number of amides is 1. The summed E-state index contributed by atoms with van der Waals surface area (Å²) in [4.78, 5) is 14.1. The molecule has 2 aromatic heterocycles. The molecular formula is C16H18N8O2. The number of aliphatic hydroxyl groups is 1. The van der Waals surface area contributed by atoms with Crippen molar-refractivity contribution in [2.75, 3.05) is 24.6 Å². The first-order valence-corrected chi connectivity index (χ1v) is 8.31. The molecule has 0 bridgehead atoms. The molecular weight excluding hydrogens is 336 g/mol. The summed E-state index contributed by atoms with van der Waals surface area (Å²) in [7, 11) is 0. The summed E-state index contributed by atoms with van der Waals surface area (Å²) in [5.41, 5.74) is 2.14. The monoisotopic (exact) mass is 354 g/mol. The molecule has 0 radical (unpaired) electrons. The fraction of sp³-hybridized carbons (Fsp3) is 0.312. The van der Waals surface area contributed by atoms with Gasteiger partial charge in [0.05, 0.1) is 31.1 Å². The number of carbonyl (C=O) groups excluding carboxylic acids is 1. The third-order valence-electron chi connectivity index (χ3n) is 4.16. The van der Waals surface area contributed by atoms with Gasteiger partial charge in [-0.25, -0.2) is 0 Å². The minimum absolute atomic E-state index is 0.102. The molecule has 10 nitrogen and oxygen atoms in total. The second-order valence-electron chi connectivity index (χ2n) is 5.87. The standard InChI is InChI=1S/C16H18N8O2/c25-9-6-17-15(26)14-10-13-11-22(7-8-23(13)19-14)16-18-20-21-24(16)12-4-2-1-3-5-12/h1-5,10,25H,6-9,11H2,(H,17,26). The zero-order chi connectivity index (χ0) is 17.9. The number of fused-ring (bicyclic) bond motifs is 1. The Bertz CT molecular complexity index is 904. The van der Waals surface area contributed by atoms with Crippen LogP contribution in [0.25, 0.3) is 5.69 Å². The van der Waals surface area contributed by atoms with Crippen molar-refractivity contribution < 1.29 is 9.90 Å². The van der Waals surface area contributed by atoms with E-state index in [0.29, 0.717) is 31.3 Å². The molecule has 0 saturated carbocycles. The Morgan fingerprint density at radius 1 is 1.23 bits per heavy atom. The van der Waals surface area contributed by atoms with E-state index < -0.39 is 0 Å². The van der Waals surface area contributed by atoms with Crippen molar-refractivity contribution in [3.63, 3.8) is 0 Å². The molecule has 1 aliphatic rings. The van der Waals surface area contributed by atoms with Crippen LogP contribution in [-0.4, -0.2) is 60.7 Å². The molecule has 0 unspecified atom stereocenters. The lowest BCUT2D eigenvalue weighted by Gasteiger charge is -2.27. The van der Waals surface area contributed by atoms with Crippen LogP contribution in [0.4, 0.5) is 5.95 Å². The Labute approximate surface area is 149 Å². The molecule has 10 heteroatoms. The number of hydrogen-bond acceptors (Lipinski definition) is 7. The molecule has 1 aliphatic heterocycles. The van der Waals surface area contributed by atoms with Gasteiger partial charge in [-0.05, 0) is 28.6 Å². The molecule has 0 aliphatic carbocycles. The summed E-state index contributed by atoms with van der Waals surface area (Å²) >= 11 is 0. The van der Waals surface area contributed by atoms with E-state index in [1.165, 1.54) is 0 Å². The van der Waals surface area contributed by atoms with E-state index in [4.69, 9.17) is 5.11 Å². The van der Waals surface area contributed by atoms with Crippen molar-refractivity contribution in [1.29, 1.82) is 0 Å². The molecule has 1 aromatic carbocycles. The van der Waals surface area contributed by atoms with Crippen LogP contribution in [-0.2, 0) is 13.1 Å². The average Bonchev–Trinajstić information content (AvgIpc) is 3.33. The molecule has 26 heavy (non-hydrogen) atoms. The smallest absolute Gasteiger partial charge is 0.271 e. The molecule has 0 spiro atoms. The molecule has 134 valence electrons. The van der Waals surface area contributed by atoms with Gasteiger partial charge in [-0.3, -0.25) is 9.48 Å². The third kappa shape index (κ3) is 3.02. The molecule has 4 rings (SSSR count). The van der Waals surface area contributed by atoms with Crippen LogP contribution in [0.15, 0.2) is 36.4 Å². The number of hydrogen-bond donors (Lipinski definition) is 2. The predicted octanol–water partition coefficient (Wildman–Crippen LogP) is -0.399. The Morgan fingerprint density at radius 3 is 2.88 bits per heavy atom. The molecule has 0 fully saturated rings. The first kappa shape index (κ1) is 16.2. The van der Waals surface area contributed by atoms with Gasteiger partial charge in [0.25, 0.3) is 11.9 Å². The van der Waals surface area contributed by atoms with Gasteiger partial charge in [-0.1, -0.05) is 23.3 Å². The number of para-hydroxylation sites is 1. The number of rotatable bonds is 5. The van der Waals surface area contributed by atoms with Crippen molar-refractivity contribution in [1.82, 2.24) is 35.3 Å². The maximum absolute atomic E-state index is 12.0. The number of carbonyl (C=O) groups is 1. The lowest BCUT2D eigenvalue weighted by molar-refractivity contribution is 0.0939. The van der Waals surface area contributed by atoms with Crippen LogP contribution in [0.3, 0.4) is 0 Å². The normalized spacial score (nSPS) is 13.5. The second kappa shape index (κ2) is 6.92. The highest BCUT2D eigenvalue weighted by Gasteiger charge is 2.24. The Kier molecular flexibility index (Phi) is 4.32. The highest BCUT2D eigenvalue weighted by Crippen LogP contribution is 2.21. The fourth-order valence-corrected chi connectivity index (χ4v) is 2.92. The summed E-state index contributed by atoms with van der Waals surface area (Å²) in [6, 6.07) is 11.5. The molecule has 3 heterocycles. The van der Waals surface area contributed by atoms with Crippen molar-refractivity contribution >= 4 is 11.9 Å². The van der Waals surface area contributed by atoms with Crippen molar-refractivity contribution in [2.45, 2.75) is 13.1 Å². The van der Waals surface area contributed by atoms with Gasteiger partial charge >= 0.3 is 0 Å². The quantitative estimate of drug-likeness (QED) is 0.641. The van der Waals surface area contributed by atoms with E-state index in [-0.39, 0.29) is 19.1 Å². The summed E-state index contributed by atoms with van der Waals surface area (Å²) in [5, 5.41) is 27.8. The van der Waals surface area contributed by atoms with Gasteiger partial charge in [0.1, 0.15) is 0 Å². The predicted molar refractivity (Wildman–Crippen MR) is 91.9 cm³/mol. The molecule has 1 amide bonds. The third-order valence-corrected chi connectivity index (χ3v) is 4.16. The first-order valence-electron chi connectivity index (χ1n) is 8.31. The Morgan fingerprint density at radius 2 is 2.08 bits per heavy atom. The van der Waals surface area contributed by atoms with Crippen molar-refractivity contribution in [3.05, 3.63) is 47.8 Å². The zero-order valence-corrected chi connectivity index (χ0v) is 14.0. The van der Waals surface area contributed by atoms with Crippen LogP contribution in [0.1, 0.15) is 16.2 Å². The number of nitrogens with zero attached hydrogens (tertiary/aromatic N) is 7. The van der Waals surface area contributed by atoms with E-state index >= 15 is 0 Å². The number of anilines is 1. The lowest BCUT2D eigenvalue weighted by atomic mass is 10.3. The van der Waals surface area contributed by atoms with E-state index in [2.05, 4.69) is 30.8 Å². The van der Waals surface area contributed by atoms with Crippen LogP contribution < -0.4 is 10.2 Å². The zero-order valence-electron chi connectivity index (χ0n) is 14.0. The molecule has 0 atom stereocenters. The van der Waals surface area contributed by atoms with Gasteiger partial charge in [0, 0.05) is 13.1 Å². The topological polar surface area (TPSA) is 114 Å². The van der Waals surface area contributed by atoms with Gasteiger partial charge in [-0.2, -0.15) is 9.78 Å². The number of tetrazole rings is 1. The fourth-order valence-electron chi connectivity index (χ4n) is 2.92. The second-order valence-corrected chi connectivity index (χ2v) is 5.87. The van der Waals surface area contributed by atoms with E-state index in [0.717, 1.165) is 11.4 Å². The molecule has 0 saturated heterocycles. The summed E-state index contributed by atoms with van der Waals surface area (Å²) in [6.07, 6.45) is 0. The van der Waals surface area contributed by atoms with E-state index in [1.54, 1.807) is 10.7 Å². The van der Waals surface area contributed by atoms with Crippen LogP contribution >= 0.6 is 0 Å². The summed E-state index contributed by atoms with van der Waals surface area (Å²) in [5.74, 6) is 0.358. The Hall–Kier alpha value is -3.27. The summed E-state index contributed by atoms with van der Waals surface area (Å²) < 4.78 is 3.52. The van der Waals surface area contributed by atoms with E-state index in [9.17, 15) is 4.79 Å². The number of nitrogens with one attached hydrogen (secondary N) is 1. The summed E-state index contributed by atoms with van der Waals surface area (Å²) in [6.45, 7) is 1.96. The van der Waals surface area contributed by atoms with Crippen molar-refractivity contribution in [3.8, 4) is 5.69 Å². The van der Waals surface area contributed by atoms with Crippen LogP contribution in [0.2, 0.25) is 0 Å². The largest absolute Gasteiger partial charge is 0.395 e. The van der Waals surface area contributed by atoms with Crippen LogP contribution in [0.5, 0.6) is 0 Å².